The first-order valence-corrected chi connectivity index (χ1v) is 10.3. The number of benzene rings is 1. The Kier molecular flexibility index (Phi) is 5.42. The van der Waals surface area contributed by atoms with Crippen LogP contribution in [0.2, 0.25) is 0 Å². The Bertz CT molecular complexity index is 966. The van der Waals surface area contributed by atoms with Crippen LogP contribution in [0.4, 0.5) is 0 Å². The molecule has 1 N–H and O–H groups in total. The molecule has 0 aliphatic heterocycles. The number of nitrogens with one attached hydrogen (secondary N) is 1. The van der Waals surface area contributed by atoms with Gasteiger partial charge >= 0.3 is 0 Å². The molecule has 1 saturated carbocycles. The van der Waals surface area contributed by atoms with Crippen molar-refractivity contribution >= 4 is 16.9 Å². The number of fused-ring (bicyclic) bond motifs is 1. The van der Waals surface area contributed by atoms with Gasteiger partial charge in [0, 0.05) is 17.6 Å². The number of carbonyl (C=O) groups excluding carboxylic acids is 1. The van der Waals surface area contributed by atoms with E-state index in [2.05, 4.69) is 46.6 Å². The van der Waals surface area contributed by atoms with Crippen LogP contribution in [0.15, 0.2) is 36.5 Å². The van der Waals surface area contributed by atoms with Crippen molar-refractivity contribution in [3.05, 3.63) is 47.8 Å². The van der Waals surface area contributed by atoms with Crippen LogP contribution in [0.1, 0.15) is 49.8 Å². The van der Waals surface area contributed by atoms with E-state index in [9.17, 15) is 4.79 Å². The van der Waals surface area contributed by atoms with Gasteiger partial charge in [-0.3, -0.25) is 4.79 Å². The first-order chi connectivity index (χ1) is 13.6. The maximum Gasteiger partial charge on any atom is 0.242 e. The molecule has 1 fully saturated rings. The first kappa shape index (κ1) is 18.7. The molecule has 1 aliphatic rings. The molecule has 1 aromatic carbocycles. The van der Waals surface area contributed by atoms with Crippen molar-refractivity contribution in [3.63, 3.8) is 0 Å². The summed E-state index contributed by atoms with van der Waals surface area (Å²) in [6, 6.07) is 10.8. The van der Waals surface area contributed by atoms with Crippen molar-refractivity contribution in [3.8, 4) is 11.1 Å². The second-order valence-corrected chi connectivity index (χ2v) is 7.92. The van der Waals surface area contributed by atoms with Crippen molar-refractivity contribution in [2.75, 3.05) is 0 Å². The Morgan fingerprint density at radius 2 is 1.79 bits per heavy atom. The van der Waals surface area contributed by atoms with Crippen molar-refractivity contribution in [1.82, 2.24) is 20.1 Å². The van der Waals surface area contributed by atoms with E-state index in [0.29, 0.717) is 6.04 Å². The minimum absolute atomic E-state index is 0.0267. The van der Waals surface area contributed by atoms with Crippen LogP contribution in [0.5, 0.6) is 0 Å². The number of hydrogen-bond acceptors (Lipinski definition) is 3. The van der Waals surface area contributed by atoms with Crippen molar-refractivity contribution in [1.29, 1.82) is 0 Å². The van der Waals surface area contributed by atoms with Gasteiger partial charge in [-0.15, -0.1) is 0 Å². The average Bonchev–Trinajstić information content (AvgIpc) is 2.85. The van der Waals surface area contributed by atoms with E-state index in [0.717, 1.165) is 40.7 Å². The predicted molar refractivity (Wildman–Crippen MR) is 112 cm³/mol. The Balaban J connectivity index is 1.59. The van der Waals surface area contributed by atoms with Gasteiger partial charge in [0.05, 0.1) is 5.69 Å². The Hall–Kier alpha value is -2.69. The zero-order valence-corrected chi connectivity index (χ0v) is 16.7. The second-order valence-electron chi connectivity index (χ2n) is 7.92. The highest BCUT2D eigenvalue weighted by molar-refractivity contribution is 5.95. The van der Waals surface area contributed by atoms with Crippen LogP contribution in [-0.2, 0) is 11.3 Å². The normalized spacial score (nSPS) is 15.5. The maximum atomic E-state index is 12.6. The van der Waals surface area contributed by atoms with E-state index in [1.54, 1.807) is 10.9 Å². The standard InChI is InChI=1S/C23H28N4O/c1-16-9-11-18(12-10-16)20-13-14-24-23-22(20)17(2)26-27(23)15-21(28)25-19-7-5-3-4-6-8-19/h9-14,19H,3-8,15H2,1-2H3,(H,25,28). The van der Waals surface area contributed by atoms with Gasteiger partial charge in [0.1, 0.15) is 6.54 Å². The van der Waals surface area contributed by atoms with Crippen LogP contribution >= 0.6 is 0 Å². The summed E-state index contributed by atoms with van der Waals surface area (Å²) in [6.45, 7) is 4.29. The lowest BCUT2D eigenvalue weighted by Crippen LogP contribution is -2.36. The number of aromatic nitrogens is 3. The Morgan fingerprint density at radius 3 is 2.50 bits per heavy atom. The summed E-state index contributed by atoms with van der Waals surface area (Å²) in [5.74, 6) is 0.0267. The number of nitrogens with zero attached hydrogens (tertiary/aromatic N) is 3. The molecule has 0 spiro atoms. The molecular formula is C23H28N4O. The molecule has 1 aliphatic carbocycles. The number of amides is 1. The number of carbonyl (C=O) groups is 1. The molecule has 146 valence electrons. The van der Waals surface area contributed by atoms with Gasteiger partial charge in [0.2, 0.25) is 5.91 Å². The number of aryl methyl sites for hydroxylation is 2. The van der Waals surface area contributed by atoms with E-state index < -0.39 is 0 Å². The van der Waals surface area contributed by atoms with Crippen LogP contribution in [0, 0.1) is 13.8 Å². The number of rotatable bonds is 4. The Morgan fingerprint density at radius 1 is 1.07 bits per heavy atom. The summed E-state index contributed by atoms with van der Waals surface area (Å²) in [6.07, 6.45) is 8.94. The van der Waals surface area contributed by atoms with Gasteiger partial charge in [0.15, 0.2) is 5.65 Å². The summed E-state index contributed by atoms with van der Waals surface area (Å²) in [7, 11) is 0. The first-order valence-electron chi connectivity index (χ1n) is 10.3. The third-order valence-electron chi connectivity index (χ3n) is 5.68. The molecule has 5 heteroatoms. The maximum absolute atomic E-state index is 12.6. The SMILES string of the molecule is Cc1ccc(-c2ccnc3c2c(C)nn3CC(=O)NC2CCCCCC2)cc1. The zero-order chi connectivity index (χ0) is 19.5. The van der Waals surface area contributed by atoms with Gasteiger partial charge in [0.25, 0.3) is 0 Å². The van der Waals surface area contributed by atoms with E-state index in [-0.39, 0.29) is 12.5 Å². The molecule has 4 rings (SSSR count). The van der Waals surface area contributed by atoms with Gasteiger partial charge < -0.3 is 5.32 Å². The van der Waals surface area contributed by atoms with E-state index in [1.165, 1.54) is 31.2 Å². The van der Waals surface area contributed by atoms with Crippen molar-refractivity contribution < 1.29 is 4.79 Å². The highest BCUT2D eigenvalue weighted by atomic mass is 16.2. The summed E-state index contributed by atoms with van der Waals surface area (Å²) < 4.78 is 1.74. The number of pyridine rings is 1. The zero-order valence-electron chi connectivity index (χ0n) is 16.7. The van der Waals surface area contributed by atoms with Crippen LogP contribution in [0.3, 0.4) is 0 Å². The smallest absolute Gasteiger partial charge is 0.242 e. The summed E-state index contributed by atoms with van der Waals surface area (Å²) in [4.78, 5) is 17.2. The lowest BCUT2D eigenvalue weighted by atomic mass is 10.0. The quantitative estimate of drug-likeness (QED) is 0.679. The van der Waals surface area contributed by atoms with E-state index >= 15 is 0 Å². The molecule has 3 aromatic rings. The average molecular weight is 377 g/mol. The second kappa shape index (κ2) is 8.13. The van der Waals surface area contributed by atoms with Crippen LogP contribution in [0.25, 0.3) is 22.2 Å². The molecule has 0 radical (unpaired) electrons. The predicted octanol–water partition coefficient (Wildman–Crippen LogP) is 4.55. The van der Waals surface area contributed by atoms with E-state index in [4.69, 9.17) is 0 Å². The molecule has 1 amide bonds. The fourth-order valence-corrected chi connectivity index (χ4v) is 4.20. The molecule has 28 heavy (non-hydrogen) atoms. The highest BCUT2D eigenvalue weighted by Gasteiger charge is 2.18. The molecule has 0 saturated heterocycles. The summed E-state index contributed by atoms with van der Waals surface area (Å²) >= 11 is 0. The van der Waals surface area contributed by atoms with Crippen molar-refractivity contribution in [2.24, 2.45) is 0 Å². The lowest BCUT2D eigenvalue weighted by Gasteiger charge is -2.16. The molecule has 5 nitrogen and oxygen atoms in total. The van der Waals surface area contributed by atoms with Crippen LogP contribution in [-0.4, -0.2) is 26.7 Å². The van der Waals surface area contributed by atoms with Gasteiger partial charge in [-0.2, -0.15) is 5.10 Å². The molecule has 0 unspecified atom stereocenters. The van der Waals surface area contributed by atoms with E-state index in [1.807, 2.05) is 13.0 Å². The van der Waals surface area contributed by atoms with Crippen LogP contribution < -0.4 is 5.32 Å². The topological polar surface area (TPSA) is 59.8 Å². The van der Waals surface area contributed by atoms with Gasteiger partial charge in [-0.25, -0.2) is 9.67 Å². The lowest BCUT2D eigenvalue weighted by molar-refractivity contribution is -0.122. The summed E-state index contributed by atoms with van der Waals surface area (Å²) in [5.41, 5.74) is 5.16. The molecule has 0 atom stereocenters. The molecular weight excluding hydrogens is 348 g/mol. The van der Waals surface area contributed by atoms with Gasteiger partial charge in [-0.1, -0.05) is 55.5 Å². The monoisotopic (exact) mass is 376 g/mol. The van der Waals surface area contributed by atoms with Gasteiger partial charge in [-0.05, 0) is 43.9 Å². The fraction of sp³-hybridized carbons (Fsp3) is 0.435. The molecule has 0 bridgehead atoms. The number of hydrogen-bond donors (Lipinski definition) is 1. The third kappa shape index (κ3) is 3.93. The molecule has 2 aromatic heterocycles. The Labute approximate surface area is 166 Å². The van der Waals surface area contributed by atoms with Crippen molar-refractivity contribution in [2.45, 2.75) is 65.0 Å². The highest BCUT2D eigenvalue weighted by Crippen LogP contribution is 2.30. The third-order valence-corrected chi connectivity index (χ3v) is 5.68. The summed E-state index contributed by atoms with van der Waals surface area (Å²) in [5, 5.41) is 8.87. The largest absolute Gasteiger partial charge is 0.352 e. The minimum atomic E-state index is 0.0267. The fourth-order valence-electron chi connectivity index (χ4n) is 4.20. The minimum Gasteiger partial charge on any atom is -0.352 e. The molecule has 2 heterocycles.